The van der Waals surface area contributed by atoms with Crippen LogP contribution in [-0.2, 0) is 53.5 Å². The minimum atomic E-state index is -4.96. The van der Waals surface area contributed by atoms with E-state index in [1.807, 2.05) is 112 Å². The zero-order valence-electron chi connectivity index (χ0n) is 81.4. The molecule has 5 fully saturated rings. The topological polar surface area (TPSA) is 219 Å². The van der Waals surface area contributed by atoms with Gasteiger partial charge in [0.25, 0.3) is 41.0 Å². The van der Waals surface area contributed by atoms with Gasteiger partial charge in [0.05, 0.1) is 81.8 Å². The summed E-state index contributed by atoms with van der Waals surface area (Å²) >= 11 is 0. The van der Waals surface area contributed by atoms with Crippen molar-refractivity contribution in [3.8, 4) is 17.2 Å². The Morgan fingerprint density at radius 1 is 0.443 bits per heavy atom. The van der Waals surface area contributed by atoms with Crippen LogP contribution in [0.3, 0.4) is 0 Å². The average Bonchev–Trinajstić information content (AvgIpc) is 1.59. The molecule has 4 aromatic carbocycles. The summed E-state index contributed by atoms with van der Waals surface area (Å²) < 4.78 is 210. The molecule has 0 bridgehead atoms. The maximum Gasteiger partial charge on any atom is 0.456 e. The number of fused-ring (bicyclic) bond motifs is 8. The Morgan fingerprint density at radius 3 is 1.39 bits per heavy atom. The second kappa shape index (κ2) is 39.3. The molecule has 8 aliphatic heterocycles. The van der Waals surface area contributed by atoms with Crippen LogP contribution in [0.1, 0.15) is 277 Å². The first-order chi connectivity index (χ1) is 65.4. The van der Waals surface area contributed by atoms with Crippen LogP contribution in [0.15, 0.2) is 128 Å². The summed E-state index contributed by atoms with van der Waals surface area (Å²) in [4.78, 5) is 115. The highest BCUT2D eigenvalue weighted by Gasteiger charge is 2.56. The molecule has 4 amide bonds. The van der Waals surface area contributed by atoms with Crippen LogP contribution in [0, 0.1) is 17.0 Å². The van der Waals surface area contributed by atoms with Gasteiger partial charge in [0.1, 0.15) is 28.9 Å². The summed E-state index contributed by atoms with van der Waals surface area (Å²) in [5.41, 5.74) is -0.161. The third kappa shape index (κ3) is 20.6. The van der Waals surface area contributed by atoms with Gasteiger partial charge in [0, 0.05) is 161 Å². The maximum atomic E-state index is 14.7. The molecule has 0 radical (unpaired) electrons. The number of alkyl halides is 12. The number of halogens is 14. The zero-order valence-corrected chi connectivity index (χ0v) is 81.4. The lowest BCUT2D eigenvalue weighted by Crippen LogP contribution is -2.63. The number of benzene rings is 4. The van der Waals surface area contributed by atoms with E-state index in [2.05, 4.69) is 43.8 Å². The second-order valence-electron chi connectivity index (χ2n) is 41.1. The molecule has 1 N–H and O–H groups in total. The number of methoxy groups -OCH3 is 2. The number of carbonyl (C=O) groups is 8. The third-order valence-electron chi connectivity index (χ3n) is 29.9. The fourth-order valence-electron chi connectivity index (χ4n) is 22.4. The lowest BCUT2D eigenvalue weighted by molar-refractivity contribution is -0.138. The number of carbonyl (C=O) groups excluding carboxylic acids is 8. The van der Waals surface area contributed by atoms with E-state index in [0.717, 1.165) is 24.4 Å². The van der Waals surface area contributed by atoms with E-state index in [1.165, 1.54) is 122 Å². The molecule has 1 saturated carbocycles. The van der Waals surface area contributed by atoms with E-state index < -0.39 is 110 Å². The minimum Gasteiger partial charge on any atom is -0.497 e. The Kier molecular flexibility index (Phi) is 29.3. The Morgan fingerprint density at radius 2 is 0.900 bits per heavy atom. The number of rotatable bonds is 13. The Balaban J connectivity index is 0.000000158. The van der Waals surface area contributed by atoms with Crippen LogP contribution in [0.25, 0.3) is 0 Å². The molecule has 9 aliphatic rings. The van der Waals surface area contributed by atoms with Gasteiger partial charge in [-0.05, 0) is 242 Å². The minimum absolute atomic E-state index is 0. The summed E-state index contributed by atoms with van der Waals surface area (Å²) in [5.74, 6) is -7.19. The maximum absolute atomic E-state index is 14.7. The van der Waals surface area contributed by atoms with Gasteiger partial charge in [-0.2, -0.15) is 52.7 Å². The van der Waals surface area contributed by atoms with Gasteiger partial charge in [-0.15, -0.1) is 0 Å². The lowest BCUT2D eigenvalue weighted by atomic mass is 9.78. The van der Waals surface area contributed by atoms with Crippen LogP contribution < -0.4 is 19.5 Å². The number of Topliss-reactive ketones (excluding diaryl/α,β-unsaturated/α-hetero) is 4. The summed E-state index contributed by atoms with van der Waals surface area (Å²) in [5, 5.41) is 3.65. The smallest absolute Gasteiger partial charge is 0.456 e. The van der Waals surface area contributed by atoms with Crippen LogP contribution in [0.4, 0.5) is 61.5 Å². The van der Waals surface area contributed by atoms with Crippen molar-refractivity contribution in [2.24, 2.45) is 5.41 Å². The van der Waals surface area contributed by atoms with Gasteiger partial charge in [-0.1, -0.05) is 52.2 Å². The van der Waals surface area contributed by atoms with Gasteiger partial charge < -0.3 is 52.1 Å². The van der Waals surface area contributed by atoms with E-state index in [1.54, 1.807) is 37.5 Å². The first kappa shape index (κ1) is 105. The van der Waals surface area contributed by atoms with Crippen LogP contribution in [0.5, 0.6) is 17.2 Å². The number of hydrogen-bond donors (Lipinski definition) is 1. The molecule has 37 heteroatoms. The predicted molar refractivity (Wildman–Crippen MR) is 496 cm³/mol. The number of piperidine rings is 4. The second-order valence-corrected chi connectivity index (χ2v) is 41.1. The lowest BCUT2D eigenvalue weighted by Gasteiger charge is -2.54. The first-order valence-corrected chi connectivity index (χ1v) is 47.4. The number of amides is 4. The Bertz CT molecular complexity index is 5980. The standard InChI is InChI=1S/C28H34F3N3O2.C26H32F3N3O3.C25H29F4N3O3.C24H27F4N3O3.H2/c1-26(2)18-34-22(24(35)28(29,30)31)12-13-23(34)27(32-26)14-16-33(17-15-27)25(36)21-10-8-20(9-11-21)19-6-4-3-5-7-19;1-24(2,3)22(33)19-7-9-21-25(30(4)14-15-32(19)21)10-12-31(13-11-25)23(34)17-6-8-20(35-5)18(16-17)26(27,28)29;1-15(2)35-17-5-6-18(19(26)13-17)23(34)31-11-9-24(10-12-31)21-8-7-20(22(33)25(27,28)29)32(21)14-16(3)30(24)4;1-22(2)14-29(3)23(19-11-15(13-31(19)22)20(32)24(26,27)28)7-9-30(10-8-23)21(33)17-6-5-16(34-4)12-18(17)25;/h8-13,19,32H,3-7,14-18H2,1-2H3;6-9,16H,10-15H2,1-5H3;5-8,13,15-16H,9-12,14H2,1-4H3;5-6,11-13H,7-10,14H2,1-4H3;1H/t;;16-;;/m..1../s1. The molecule has 4 aromatic heterocycles. The third-order valence-corrected chi connectivity index (χ3v) is 29.9. The summed E-state index contributed by atoms with van der Waals surface area (Å²) in [6.45, 7) is 24.5. The van der Waals surface area contributed by atoms with Gasteiger partial charge >= 0.3 is 24.7 Å². The summed E-state index contributed by atoms with van der Waals surface area (Å²) in [6.07, 6.45) is -7.88. The average molecular weight is 1970 g/mol. The van der Waals surface area contributed by atoms with Gasteiger partial charge in [-0.25, -0.2) is 8.78 Å². The summed E-state index contributed by atoms with van der Waals surface area (Å²) in [6, 6.07) is 30.6. The molecule has 1 atom stereocenters. The van der Waals surface area contributed by atoms with Crippen molar-refractivity contribution in [1.82, 2.24) is 57.9 Å². The molecule has 8 aromatic rings. The molecule has 23 nitrogen and oxygen atoms in total. The molecule has 12 heterocycles. The normalized spacial score (nSPS) is 20.1. The van der Waals surface area contributed by atoms with Crippen molar-refractivity contribution in [1.29, 1.82) is 0 Å². The molecule has 17 rings (SSSR count). The SMILES string of the molecule is CC(C)Oc1ccc(C(=O)N2CCC3(CC2)c2ccc(C(=O)C(F)(F)F)n2C[C@@H](C)N3C)c(F)c1.CC1(C)Cn2c(C(=O)C(F)(F)F)ccc2C2(CCN(C(=O)c3ccc(C4CCCCC4)cc3)CC2)N1.COc1ccc(C(=O)N2CCC3(CC2)c2cc(C(=O)C(F)(F)F)cn2C(C)(C)CN3C)c(F)c1.COc1ccc(C(=O)N2CCC3(CC2)c2ccc(C(=O)C(C)(C)C)n2CCN3C)cc1C(F)(F)F.[HH]. The number of ketones is 4. The Labute approximate surface area is 806 Å². The number of aromatic nitrogens is 4. The number of nitrogens with zero attached hydrogens (tertiary/aromatic N) is 11. The number of nitrogens with one attached hydrogen (secondary N) is 1. The Hall–Kier alpha value is -11.2. The highest BCUT2D eigenvalue weighted by molar-refractivity contribution is 6.02. The van der Waals surface area contributed by atoms with Crippen LogP contribution in [0.2, 0.25) is 0 Å². The van der Waals surface area contributed by atoms with Crippen molar-refractivity contribution in [2.75, 3.05) is 101 Å². The van der Waals surface area contributed by atoms with Gasteiger partial charge in [0.2, 0.25) is 0 Å². The van der Waals surface area contributed by atoms with Crippen LogP contribution in [-0.4, -0.2) is 236 Å². The molecule has 4 saturated heterocycles. The number of likely N-dealkylation sites (tertiary alicyclic amines) is 4. The highest BCUT2D eigenvalue weighted by atomic mass is 19.4. The molecule has 1 aliphatic carbocycles. The van der Waals surface area contributed by atoms with E-state index >= 15 is 0 Å². The molecule has 760 valence electrons. The van der Waals surface area contributed by atoms with Crippen molar-refractivity contribution in [2.45, 2.75) is 248 Å². The van der Waals surface area contributed by atoms with Crippen molar-refractivity contribution in [3.05, 3.63) is 218 Å². The quantitative estimate of drug-likeness (QED) is 0.0838. The fourth-order valence-corrected chi connectivity index (χ4v) is 22.4. The van der Waals surface area contributed by atoms with Crippen LogP contribution >= 0.6 is 0 Å². The fraction of sp³-hybridized carbons (Fsp3) is 0.534. The number of hydrogen-bond acceptors (Lipinski definition) is 15. The van der Waals surface area contributed by atoms with Gasteiger partial charge in [0.15, 0.2) is 5.78 Å². The molecule has 4 spiro atoms. The zero-order chi connectivity index (χ0) is 102. The molecular formula is C103H124F14N12O11. The van der Waals surface area contributed by atoms with E-state index in [4.69, 9.17) is 14.2 Å². The highest BCUT2D eigenvalue weighted by Crippen LogP contribution is 2.51. The number of ether oxygens (including phenoxy) is 3. The van der Waals surface area contributed by atoms with Gasteiger partial charge in [-0.3, -0.25) is 58.4 Å². The summed E-state index contributed by atoms with van der Waals surface area (Å²) in [7, 11) is 8.46. The number of likely N-dealkylation sites (N-methyl/N-ethyl adjacent to an activating group) is 3. The van der Waals surface area contributed by atoms with Crippen molar-refractivity contribution in [3.63, 3.8) is 0 Å². The monoisotopic (exact) mass is 1970 g/mol. The first-order valence-electron chi connectivity index (χ1n) is 47.4. The van der Waals surface area contributed by atoms with Crippen molar-refractivity contribution < 1.29 is 115 Å². The van der Waals surface area contributed by atoms with Crippen molar-refractivity contribution >= 4 is 46.8 Å². The van der Waals surface area contributed by atoms with E-state index in [9.17, 15) is 99.8 Å². The molecule has 140 heavy (non-hydrogen) atoms. The van der Waals surface area contributed by atoms with E-state index in [-0.39, 0.29) is 83.3 Å². The largest absolute Gasteiger partial charge is 0.497 e. The van der Waals surface area contributed by atoms with E-state index in [0.29, 0.717) is 163 Å². The molecule has 0 unspecified atom stereocenters. The molecular weight excluding hydrogens is 1850 g/mol. The predicted octanol–water partition coefficient (Wildman–Crippen LogP) is 19.7.